The predicted molar refractivity (Wildman–Crippen MR) is 70.1 cm³/mol. The zero-order chi connectivity index (χ0) is 11.8. The highest BCUT2D eigenvalue weighted by molar-refractivity contribution is 7.99. The largest absolute Gasteiger partial charge is 0.386 e. The molecule has 1 aliphatic rings. The van der Waals surface area contributed by atoms with Crippen LogP contribution in [0.5, 0.6) is 0 Å². The molecule has 0 aromatic heterocycles. The van der Waals surface area contributed by atoms with Gasteiger partial charge >= 0.3 is 0 Å². The Hall–Kier alpha value is -0.160. The summed E-state index contributed by atoms with van der Waals surface area (Å²) in [6.07, 6.45) is 2.02. The first-order valence-electron chi connectivity index (χ1n) is 5.17. The maximum atomic E-state index is 10.6. The molecular formula is C12H16O2S2. The van der Waals surface area contributed by atoms with Gasteiger partial charge in [0, 0.05) is 16.4 Å². The Morgan fingerprint density at radius 1 is 1.19 bits per heavy atom. The molecule has 88 valence electrons. The molecule has 0 amide bonds. The average molecular weight is 256 g/mol. The van der Waals surface area contributed by atoms with Gasteiger partial charge in [-0.05, 0) is 30.9 Å². The fourth-order valence-corrected chi connectivity index (χ4v) is 3.85. The van der Waals surface area contributed by atoms with Crippen LogP contribution in [0, 0.1) is 0 Å². The molecule has 0 spiro atoms. The van der Waals surface area contributed by atoms with Crippen molar-refractivity contribution < 1.29 is 10.2 Å². The van der Waals surface area contributed by atoms with Crippen LogP contribution in [0.2, 0.25) is 0 Å². The normalized spacial score (nSPS) is 34.2. The summed E-state index contributed by atoms with van der Waals surface area (Å²) in [5, 5.41) is 20.8. The van der Waals surface area contributed by atoms with Crippen molar-refractivity contribution in [2.75, 3.05) is 17.8 Å². The summed E-state index contributed by atoms with van der Waals surface area (Å²) >= 11 is 3.26. The molecule has 0 radical (unpaired) electrons. The third-order valence-electron chi connectivity index (χ3n) is 3.15. The van der Waals surface area contributed by atoms with Gasteiger partial charge in [-0.25, -0.2) is 0 Å². The second-order valence-electron chi connectivity index (χ2n) is 4.36. The van der Waals surface area contributed by atoms with E-state index in [1.165, 1.54) is 0 Å². The zero-order valence-electron chi connectivity index (χ0n) is 9.43. The number of aliphatic hydroxyl groups is 2. The van der Waals surface area contributed by atoms with Crippen molar-refractivity contribution in [1.82, 2.24) is 0 Å². The van der Waals surface area contributed by atoms with Crippen molar-refractivity contribution in [3.63, 3.8) is 0 Å². The summed E-state index contributed by atoms with van der Waals surface area (Å²) < 4.78 is 0. The van der Waals surface area contributed by atoms with Gasteiger partial charge in [0.25, 0.3) is 0 Å². The van der Waals surface area contributed by atoms with E-state index in [0.29, 0.717) is 11.5 Å². The van der Waals surface area contributed by atoms with Gasteiger partial charge in [-0.15, -0.1) is 11.8 Å². The van der Waals surface area contributed by atoms with Crippen molar-refractivity contribution in [3.8, 4) is 0 Å². The van der Waals surface area contributed by atoms with Gasteiger partial charge < -0.3 is 10.2 Å². The molecule has 0 bridgehead atoms. The molecule has 0 saturated carbocycles. The second kappa shape index (κ2) is 4.26. The molecule has 2 N–H and O–H groups in total. The van der Waals surface area contributed by atoms with Crippen LogP contribution in [0.25, 0.3) is 0 Å². The van der Waals surface area contributed by atoms with Gasteiger partial charge in [-0.3, -0.25) is 0 Å². The highest BCUT2D eigenvalue weighted by Crippen LogP contribution is 2.44. The first kappa shape index (κ1) is 12.3. The van der Waals surface area contributed by atoms with Crippen molar-refractivity contribution in [2.24, 2.45) is 0 Å². The monoisotopic (exact) mass is 256 g/mol. The van der Waals surface area contributed by atoms with Gasteiger partial charge in [-0.2, -0.15) is 11.8 Å². The Morgan fingerprint density at radius 3 is 2.25 bits per heavy atom. The Labute approximate surface area is 104 Å². The standard InChI is InChI=1S/C12H16O2S2/c1-11(13)7-16-8-12(11,14)9-3-5-10(15-2)6-4-9/h3-6,13-14H,7-8H2,1-2H3/t11-,12-/m0/s1. The van der Waals surface area contributed by atoms with E-state index in [1.54, 1.807) is 30.4 Å². The van der Waals surface area contributed by atoms with Crippen molar-refractivity contribution in [2.45, 2.75) is 23.0 Å². The molecule has 1 heterocycles. The van der Waals surface area contributed by atoms with E-state index in [0.717, 1.165) is 10.5 Å². The maximum Gasteiger partial charge on any atom is 0.128 e. The van der Waals surface area contributed by atoms with Crippen LogP contribution < -0.4 is 0 Å². The summed E-state index contributed by atoms with van der Waals surface area (Å²) in [5.74, 6) is 1.13. The molecule has 2 atom stereocenters. The molecular weight excluding hydrogens is 240 g/mol. The van der Waals surface area contributed by atoms with Crippen LogP contribution in [0.1, 0.15) is 12.5 Å². The molecule has 2 rings (SSSR count). The molecule has 4 heteroatoms. The molecule has 1 saturated heterocycles. The van der Waals surface area contributed by atoms with E-state index in [1.807, 2.05) is 30.5 Å². The summed E-state index contributed by atoms with van der Waals surface area (Å²) in [6.45, 7) is 1.70. The lowest BCUT2D eigenvalue weighted by Gasteiger charge is -2.34. The van der Waals surface area contributed by atoms with Crippen molar-refractivity contribution in [1.29, 1.82) is 0 Å². The quantitative estimate of drug-likeness (QED) is 0.795. The van der Waals surface area contributed by atoms with Crippen molar-refractivity contribution in [3.05, 3.63) is 29.8 Å². The summed E-state index contributed by atoms with van der Waals surface area (Å²) in [4.78, 5) is 1.16. The molecule has 1 aliphatic heterocycles. The number of rotatable bonds is 2. The van der Waals surface area contributed by atoms with Gasteiger partial charge in [0.1, 0.15) is 11.2 Å². The number of hydrogen-bond donors (Lipinski definition) is 2. The maximum absolute atomic E-state index is 10.6. The summed E-state index contributed by atoms with van der Waals surface area (Å²) in [7, 11) is 0. The average Bonchev–Trinajstić information content (AvgIpc) is 2.55. The Kier molecular flexibility index (Phi) is 3.27. The van der Waals surface area contributed by atoms with Crippen LogP contribution in [0.3, 0.4) is 0 Å². The van der Waals surface area contributed by atoms with Crippen molar-refractivity contribution >= 4 is 23.5 Å². The van der Waals surface area contributed by atoms with E-state index < -0.39 is 11.2 Å². The van der Waals surface area contributed by atoms with Crippen LogP contribution >= 0.6 is 23.5 Å². The lowest BCUT2D eigenvalue weighted by molar-refractivity contribution is -0.111. The Morgan fingerprint density at radius 2 is 1.81 bits per heavy atom. The fourth-order valence-electron chi connectivity index (χ4n) is 1.93. The predicted octanol–water partition coefficient (Wildman–Crippen LogP) is 2.09. The lowest BCUT2D eigenvalue weighted by Crippen LogP contribution is -2.48. The van der Waals surface area contributed by atoms with Crippen LogP contribution in [0.15, 0.2) is 29.2 Å². The number of hydrogen-bond acceptors (Lipinski definition) is 4. The highest BCUT2D eigenvalue weighted by Gasteiger charge is 2.51. The van der Waals surface area contributed by atoms with E-state index in [4.69, 9.17) is 0 Å². The first-order valence-corrected chi connectivity index (χ1v) is 7.54. The van der Waals surface area contributed by atoms with Crippen LogP contribution in [-0.4, -0.2) is 33.6 Å². The summed E-state index contributed by atoms with van der Waals surface area (Å²) in [5.41, 5.74) is -1.35. The molecule has 2 nitrogen and oxygen atoms in total. The lowest BCUT2D eigenvalue weighted by atomic mass is 9.82. The topological polar surface area (TPSA) is 40.5 Å². The van der Waals surface area contributed by atoms with E-state index in [9.17, 15) is 10.2 Å². The minimum atomic E-state index is -1.12. The minimum absolute atomic E-state index is 0.554. The van der Waals surface area contributed by atoms with Gasteiger partial charge in [-0.1, -0.05) is 12.1 Å². The number of thioether (sulfide) groups is 2. The van der Waals surface area contributed by atoms with Gasteiger partial charge in [0.15, 0.2) is 0 Å². The minimum Gasteiger partial charge on any atom is -0.386 e. The smallest absolute Gasteiger partial charge is 0.128 e. The molecule has 1 aromatic rings. The Bertz CT molecular complexity index is 375. The molecule has 1 fully saturated rings. The van der Waals surface area contributed by atoms with E-state index >= 15 is 0 Å². The fraction of sp³-hybridized carbons (Fsp3) is 0.500. The molecule has 0 unspecified atom stereocenters. The molecule has 0 aliphatic carbocycles. The van der Waals surface area contributed by atoms with E-state index in [-0.39, 0.29) is 0 Å². The summed E-state index contributed by atoms with van der Waals surface area (Å²) in [6, 6.07) is 7.78. The third-order valence-corrected chi connectivity index (χ3v) is 5.28. The van der Waals surface area contributed by atoms with Crippen LogP contribution in [0.4, 0.5) is 0 Å². The van der Waals surface area contributed by atoms with Gasteiger partial charge in [0.2, 0.25) is 0 Å². The Balaban J connectivity index is 2.35. The van der Waals surface area contributed by atoms with E-state index in [2.05, 4.69) is 0 Å². The van der Waals surface area contributed by atoms with Crippen LogP contribution in [-0.2, 0) is 5.60 Å². The number of benzene rings is 1. The molecule has 16 heavy (non-hydrogen) atoms. The van der Waals surface area contributed by atoms with Gasteiger partial charge in [0.05, 0.1) is 0 Å². The first-order chi connectivity index (χ1) is 7.49. The molecule has 1 aromatic carbocycles. The highest BCUT2D eigenvalue weighted by atomic mass is 32.2. The SMILES string of the molecule is CSc1ccc([C@@]2(O)CSC[C@]2(C)O)cc1. The second-order valence-corrected chi connectivity index (χ2v) is 6.22. The third kappa shape index (κ3) is 1.88. The zero-order valence-corrected chi connectivity index (χ0v) is 11.1.